The van der Waals surface area contributed by atoms with Crippen LogP contribution in [0.2, 0.25) is 0 Å². The molecule has 76 valence electrons. The first kappa shape index (κ1) is 10.6. The first-order chi connectivity index (χ1) is 6.57. The molecule has 0 N–H and O–H groups in total. The van der Waals surface area contributed by atoms with E-state index in [4.69, 9.17) is 4.74 Å². The van der Waals surface area contributed by atoms with Gasteiger partial charge in [0.25, 0.3) is 0 Å². The highest BCUT2D eigenvalue weighted by atomic mass is 19.1. The fraction of sp³-hybridized carbons (Fsp3) is 0.333. The third kappa shape index (κ3) is 1.88. The van der Waals surface area contributed by atoms with E-state index in [1.165, 1.54) is 19.2 Å². The number of rotatable bonds is 3. The van der Waals surface area contributed by atoms with E-state index < -0.39 is 22.5 Å². The van der Waals surface area contributed by atoms with Crippen LogP contribution in [-0.4, -0.2) is 12.0 Å². The van der Waals surface area contributed by atoms with Crippen LogP contribution in [-0.2, 0) is 4.74 Å². The van der Waals surface area contributed by atoms with Gasteiger partial charge in [0, 0.05) is 18.7 Å². The molecule has 1 aromatic carbocycles. The molecule has 0 saturated carbocycles. The van der Waals surface area contributed by atoms with Crippen LogP contribution in [0.5, 0.6) is 0 Å². The average Bonchev–Trinajstić information content (AvgIpc) is 2.16. The molecular weight excluding hydrogens is 189 g/mol. The zero-order valence-corrected chi connectivity index (χ0v) is 7.86. The second-order valence-electron chi connectivity index (χ2n) is 2.82. The van der Waals surface area contributed by atoms with Crippen LogP contribution in [0, 0.1) is 15.9 Å². The van der Waals surface area contributed by atoms with E-state index in [2.05, 4.69) is 0 Å². The Labute approximate surface area is 80.5 Å². The van der Waals surface area contributed by atoms with Crippen LogP contribution in [0.4, 0.5) is 10.1 Å². The van der Waals surface area contributed by atoms with Crippen LogP contribution >= 0.6 is 0 Å². The molecule has 14 heavy (non-hydrogen) atoms. The Bertz CT molecular complexity index is 354. The van der Waals surface area contributed by atoms with Crippen LogP contribution in [0.25, 0.3) is 0 Å². The van der Waals surface area contributed by atoms with Crippen molar-refractivity contribution in [2.24, 2.45) is 0 Å². The summed E-state index contributed by atoms with van der Waals surface area (Å²) in [5.74, 6) is -0.827. The van der Waals surface area contributed by atoms with E-state index >= 15 is 0 Å². The van der Waals surface area contributed by atoms with Gasteiger partial charge in [0.15, 0.2) is 0 Å². The largest absolute Gasteiger partial charge is 0.377 e. The molecule has 1 aromatic rings. The van der Waals surface area contributed by atoms with Crippen LogP contribution in [0.3, 0.4) is 0 Å². The van der Waals surface area contributed by atoms with Crippen molar-refractivity contribution >= 4 is 5.69 Å². The summed E-state index contributed by atoms with van der Waals surface area (Å²) in [6, 6.07) is 4.03. The van der Waals surface area contributed by atoms with Crippen LogP contribution in [0.1, 0.15) is 18.6 Å². The van der Waals surface area contributed by atoms with Gasteiger partial charge < -0.3 is 4.74 Å². The minimum Gasteiger partial charge on any atom is -0.377 e. The molecule has 0 heterocycles. The Kier molecular flexibility index (Phi) is 3.14. The number of nitrogens with zero attached hydrogens (tertiary/aromatic N) is 1. The molecule has 0 radical (unpaired) electrons. The molecule has 1 unspecified atom stereocenters. The summed E-state index contributed by atoms with van der Waals surface area (Å²) < 4.78 is 18.3. The highest BCUT2D eigenvalue weighted by molar-refractivity contribution is 5.37. The van der Waals surface area contributed by atoms with E-state index in [0.717, 1.165) is 6.07 Å². The van der Waals surface area contributed by atoms with Crippen molar-refractivity contribution in [2.45, 2.75) is 13.0 Å². The van der Waals surface area contributed by atoms with Crippen molar-refractivity contribution < 1.29 is 14.1 Å². The highest BCUT2D eigenvalue weighted by Crippen LogP contribution is 2.26. The average molecular weight is 199 g/mol. The molecule has 5 heteroatoms. The van der Waals surface area contributed by atoms with Crippen LogP contribution in [0.15, 0.2) is 18.2 Å². The highest BCUT2D eigenvalue weighted by Gasteiger charge is 2.20. The zero-order valence-electron chi connectivity index (χ0n) is 7.86. The fourth-order valence-corrected chi connectivity index (χ4v) is 1.12. The summed E-state index contributed by atoms with van der Waals surface area (Å²) in [6.07, 6.45) is -0.491. The van der Waals surface area contributed by atoms with E-state index in [-0.39, 0.29) is 5.56 Å². The van der Waals surface area contributed by atoms with Crippen molar-refractivity contribution in [1.29, 1.82) is 0 Å². The molecule has 0 aliphatic heterocycles. The van der Waals surface area contributed by atoms with Gasteiger partial charge in [-0.1, -0.05) is 12.1 Å². The summed E-state index contributed by atoms with van der Waals surface area (Å²) in [5.41, 5.74) is -0.326. The number of methoxy groups -OCH3 is 1. The maximum absolute atomic E-state index is 13.4. The Morgan fingerprint density at radius 2 is 2.21 bits per heavy atom. The minimum atomic E-state index is -0.827. The summed E-state index contributed by atoms with van der Waals surface area (Å²) in [5, 5.41) is 10.4. The number of benzene rings is 1. The lowest BCUT2D eigenvalue weighted by Crippen LogP contribution is -2.02. The van der Waals surface area contributed by atoms with Crippen LogP contribution < -0.4 is 0 Å². The topological polar surface area (TPSA) is 52.4 Å². The fourth-order valence-electron chi connectivity index (χ4n) is 1.12. The molecule has 4 nitrogen and oxygen atoms in total. The third-order valence-corrected chi connectivity index (χ3v) is 2.00. The number of nitro benzene ring substituents is 1. The number of nitro groups is 1. The van der Waals surface area contributed by atoms with Crippen molar-refractivity contribution in [3.63, 3.8) is 0 Å². The molecule has 0 aliphatic carbocycles. The SMILES string of the molecule is COC(C)c1cccc([N+](=O)[O-])c1F. The zero-order chi connectivity index (χ0) is 10.7. The Morgan fingerprint density at radius 1 is 1.57 bits per heavy atom. The lowest BCUT2D eigenvalue weighted by Gasteiger charge is -2.10. The number of halogens is 1. The summed E-state index contributed by atoms with van der Waals surface area (Å²) in [7, 11) is 1.42. The summed E-state index contributed by atoms with van der Waals surface area (Å²) in [6.45, 7) is 1.63. The van der Waals surface area contributed by atoms with Gasteiger partial charge in [-0.15, -0.1) is 0 Å². The molecule has 0 spiro atoms. The third-order valence-electron chi connectivity index (χ3n) is 2.00. The normalized spacial score (nSPS) is 12.5. The second-order valence-corrected chi connectivity index (χ2v) is 2.82. The predicted octanol–water partition coefficient (Wildman–Crippen LogP) is 2.44. The van der Waals surface area contributed by atoms with Gasteiger partial charge in [0.1, 0.15) is 0 Å². The Morgan fingerprint density at radius 3 is 2.71 bits per heavy atom. The second kappa shape index (κ2) is 4.15. The molecule has 1 rings (SSSR count). The molecule has 0 amide bonds. The van der Waals surface area contributed by atoms with Gasteiger partial charge in [-0.05, 0) is 6.92 Å². The molecule has 0 saturated heterocycles. The van der Waals surface area contributed by atoms with E-state index in [1.807, 2.05) is 0 Å². The standard InChI is InChI=1S/C9H10FNO3/c1-6(14-2)7-4-3-5-8(9(7)10)11(12)13/h3-6H,1-2H3. The van der Waals surface area contributed by atoms with Crippen molar-refractivity contribution in [1.82, 2.24) is 0 Å². The van der Waals surface area contributed by atoms with Gasteiger partial charge in [-0.2, -0.15) is 4.39 Å². The molecule has 0 aromatic heterocycles. The smallest absolute Gasteiger partial charge is 0.305 e. The monoisotopic (exact) mass is 199 g/mol. The molecule has 0 fully saturated rings. The first-order valence-corrected chi connectivity index (χ1v) is 4.03. The van der Waals surface area contributed by atoms with Crippen molar-refractivity contribution in [3.05, 3.63) is 39.7 Å². The summed E-state index contributed by atoms with van der Waals surface area (Å²) in [4.78, 5) is 9.66. The van der Waals surface area contributed by atoms with Gasteiger partial charge in [0.05, 0.1) is 11.0 Å². The van der Waals surface area contributed by atoms with E-state index in [1.54, 1.807) is 6.92 Å². The van der Waals surface area contributed by atoms with E-state index in [0.29, 0.717) is 0 Å². The summed E-state index contributed by atoms with van der Waals surface area (Å²) >= 11 is 0. The van der Waals surface area contributed by atoms with Crippen molar-refractivity contribution in [3.8, 4) is 0 Å². The minimum absolute atomic E-state index is 0.196. The quantitative estimate of drug-likeness (QED) is 0.555. The first-order valence-electron chi connectivity index (χ1n) is 4.03. The Hall–Kier alpha value is -1.49. The number of hydrogen-bond acceptors (Lipinski definition) is 3. The number of hydrogen-bond donors (Lipinski definition) is 0. The lowest BCUT2D eigenvalue weighted by atomic mass is 10.1. The predicted molar refractivity (Wildman–Crippen MR) is 48.5 cm³/mol. The maximum Gasteiger partial charge on any atom is 0.305 e. The molecular formula is C9H10FNO3. The molecule has 0 bridgehead atoms. The lowest BCUT2D eigenvalue weighted by molar-refractivity contribution is -0.387. The van der Waals surface area contributed by atoms with Gasteiger partial charge >= 0.3 is 5.69 Å². The molecule has 1 atom stereocenters. The van der Waals surface area contributed by atoms with Gasteiger partial charge in [-0.25, -0.2) is 0 Å². The van der Waals surface area contributed by atoms with Gasteiger partial charge in [-0.3, -0.25) is 10.1 Å². The Balaban J connectivity index is 3.20. The van der Waals surface area contributed by atoms with E-state index in [9.17, 15) is 14.5 Å². The maximum atomic E-state index is 13.4. The number of ether oxygens (including phenoxy) is 1. The van der Waals surface area contributed by atoms with Crippen molar-refractivity contribution in [2.75, 3.05) is 7.11 Å². The van der Waals surface area contributed by atoms with Gasteiger partial charge in [0.2, 0.25) is 5.82 Å². The molecule has 0 aliphatic rings.